The number of morpholine rings is 1. The topological polar surface area (TPSA) is 56.8 Å². The number of nitrogens with one attached hydrogen (secondary N) is 2. The maximum Gasteiger partial charge on any atom is 0.315 e. The zero-order valence-electron chi connectivity index (χ0n) is 16.6. The van der Waals surface area contributed by atoms with Crippen LogP contribution in [0.25, 0.3) is 0 Å². The Morgan fingerprint density at radius 2 is 2.00 bits per heavy atom. The number of nitrogens with zero attached hydrogens (tertiary/aromatic N) is 2. The van der Waals surface area contributed by atoms with Gasteiger partial charge in [-0.25, -0.2) is 4.79 Å². The smallest absolute Gasteiger partial charge is 0.315 e. The molecule has 0 radical (unpaired) electrons. The predicted octanol–water partition coefficient (Wildman–Crippen LogP) is 2.85. The van der Waals surface area contributed by atoms with E-state index in [1.165, 1.54) is 0 Å². The summed E-state index contributed by atoms with van der Waals surface area (Å²) in [6.45, 7) is 12.2. The Kier molecular flexibility index (Phi) is 6.50. The summed E-state index contributed by atoms with van der Waals surface area (Å²) < 4.78 is 5.44. The van der Waals surface area contributed by atoms with E-state index in [4.69, 9.17) is 16.3 Å². The Hall–Kier alpha value is -1.50. The molecule has 0 saturated carbocycles. The molecule has 3 rings (SSSR count). The van der Waals surface area contributed by atoms with Crippen LogP contribution in [-0.4, -0.2) is 61.9 Å². The third kappa shape index (κ3) is 5.50. The third-order valence-corrected chi connectivity index (χ3v) is 5.54. The minimum Gasteiger partial charge on any atom is -0.378 e. The first-order chi connectivity index (χ1) is 12.8. The molecule has 2 N–H and O–H groups in total. The van der Waals surface area contributed by atoms with E-state index in [1.807, 2.05) is 18.2 Å². The van der Waals surface area contributed by atoms with Crippen LogP contribution in [0.2, 0.25) is 5.02 Å². The van der Waals surface area contributed by atoms with Gasteiger partial charge in [0.25, 0.3) is 0 Å². The molecule has 2 heterocycles. The number of benzene rings is 1. The second-order valence-corrected chi connectivity index (χ2v) is 8.74. The lowest BCUT2D eigenvalue weighted by atomic mass is 10.1. The number of rotatable bonds is 4. The molecule has 27 heavy (non-hydrogen) atoms. The van der Waals surface area contributed by atoms with Gasteiger partial charge in [-0.1, -0.05) is 11.6 Å². The molecule has 2 aliphatic heterocycles. The molecule has 6 nitrogen and oxygen atoms in total. The first-order valence-electron chi connectivity index (χ1n) is 9.73. The number of hydrogen-bond acceptors (Lipinski definition) is 4. The van der Waals surface area contributed by atoms with Crippen molar-refractivity contribution < 1.29 is 9.53 Å². The molecule has 150 valence electrons. The van der Waals surface area contributed by atoms with Gasteiger partial charge in [0.1, 0.15) is 0 Å². The summed E-state index contributed by atoms with van der Waals surface area (Å²) in [7, 11) is 0. The number of halogens is 1. The van der Waals surface area contributed by atoms with E-state index in [1.54, 1.807) is 0 Å². The fraction of sp³-hybridized carbons (Fsp3) is 0.650. The van der Waals surface area contributed by atoms with Crippen LogP contribution >= 0.6 is 11.6 Å². The van der Waals surface area contributed by atoms with Crippen molar-refractivity contribution in [1.29, 1.82) is 0 Å². The number of carbonyl (C=O) groups excluding carboxylic acids is 1. The Labute approximate surface area is 167 Å². The summed E-state index contributed by atoms with van der Waals surface area (Å²) in [4.78, 5) is 17.1. The number of amides is 2. The van der Waals surface area contributed by atoms with Crippen molar-refractivity contribution in [3.05, 3.63) is 28.8 Å². The van der Waals surface area contributed by atoms with Crippen molar-refractivity contribution >= 4 is 23.3 Å². The molecule has 0 bridgehead atoms. The summed E-state index contributed by atoms with van der Waals surface area (Å²) in [5.41, 5.74) is 2.28. The van der Waals surface area contributed by atoms with Crippen LogP contribution < -0.4 is 15.5 Å². The van der Waals surface area contributed by atoms with Crippen LogP contribution in [0.3, 0.4) is 0 Å². The number of carbonyl (C=O) groups is 1. The number of anilines is 1. The molecule has 1 unspecified atom stereocenters. The maximum absolute atomic E-state index is 12.4. The van der Waals surface area contributed by atoms with Crippen LogP contribution in [0.1, 0.15) is 32.8 Å². The number of hydrogen-bond donors (Lipinski definition) is 2. The lowest BCUT2D eigenvalue weighted by Crippen LogP contribution is -2.46. The molecule has 2 amide bonds. The predicted molar refractivity (Wildman–Crippen MR) is 110 cm³/mol. The van der Waals surface area contributed by atoms with Gasteiger partial charge in [-0.3, -0.25) is 4.90 Å². The molecule has 0 aliphatic carbocycles. The van der Waals surface area contributed by atoms with E-state index < -0.39 is 0 Å². The van der Waals surface area contributed by atoms with E-state index in [2.05, 4.69) is 41.2 Å². The highest BCUT2D eigenvalue weighted by Crippen LogP contribution is 2.25. The van der Waals surface area contributed by atoms with Gasteiger partial charge >= 0.3 is 6.03 Å². The number of likely N-dealkylation sites (tertiary alicyclic amines) is 1. The lowest BCUT2D eigenvalue weighted by molar-refractivity contribution is 0.122. The molecule has 2 fully saturated rings. The van der Waals surface area contributed by atoms with E-state index in [-0.39, 0.29) is 17.6 Å². The van der Waals surface area contributed by atoms with Gasteiger partial charge < -0.3 is 20.3 Å². The summed E-state index contributed by atoms with van der Waals surface area (Å²) in [5, 5.41) is 6.79. The normalized spacial score (nSPS) is 21.3. The lowest BCUT2D eigenvalue weighted by Gasteiger charge is -2.31. The van der Waals surface area contributed by atoms with Gasteiger partial charge in [0.2, 0.25) is 0 Å². The number of urea groups is 1. The van der Waals surface area contributed by atoms with Gasteiger partial charge in [0.05, 0.1) is 13.2 Å². The highest BCUT2D eigenvalue weighted by molar-refractivity contribution is 6.30. The quantitative estimate of drug-likeness (QED) is 0.824. The first kappa shape index (κ1) is 20.2. The molecule has 1 atom stereocenters. The Balaban J connectivity index is 1.55. The molecule has 7 heteroatoms. The van der Waals surface area contributed by atoms with Gasteiger partial charge in [0.15, 0.2) is 0 Å². The zero-order chi connectivity index (χ0) is 19.4. The fourth-order valence-electron chi connectivity index (χ4n) is 3.71. The Morgan fingerprint density at radius 3 is 2.67 bits per heavy atom. The zero-order valence-corrected chi connectivity index (χ0v) is 17.3. The highest BCUT2D eigenvalue weighted by atomic mass is 35.5. The molecular formula is C20H31ClN4O2. The Bertz CT molecular complexity index is 656. The van der Waals surface area contributed by atoms with Crippen LogP contribution in [0.15, 0.2) is 18.2 Å². The van der Waals surface area contributed by atoms with Crippen molar-refractivity contribution in [3.63, 3.8) is 0 Å². The summed E-state index contributed by atoms with van der Waals surface area (Å²) in [6.07, 6.45) is 0.987. The highest BCUT2D eigenvalue weighted by Gasteiger charge is 2.30. The van der Waals surface area contributed by atoms with Crippen molar-refractivity contribution in [2.75, 3.05) is 44.3 Å². The molecule has 0 aromatic heterocycles. The van der Waals surface area contributed by atoms with Crippen molar-refractivity contribution in [3.8, 4) is 0 Å². The van der Waals surface area contributed by atoms with Crippen LogP contribution in [0, 0.1) is 0 Å². The third-order valence-electron chi connectivity index (χ3n) is 5.30. The standard InChI is InChI=1S/C20H31ClN4O2/c1-20(2,3)25-7-6-17(14-25)23-19(26)22-13-15-12-16(21)4-5-18(15)24-8-10-27-11-9-24/h4-5,12,17H,6-11,13-14H2,1-3H3,(H2,22,23,26). The molecule has 1 aromatic rings. The number of ether oxygens (including phenoxy) is 1. The van der Waals surface area contributed by atoms with E-state index in [9.17, 15) is 4.79 Å². The Morgan fingerprint density at radius 1 is 1.26 bits per heavy atom. The summed E-state index contributed by atoms with van der Waals surface area (Å²) in [6, 6.07) is 5.94. The minimum atomic E-state index is -0.122. The molecule has 2 saturated heterocycles. The second-order valence-electron chi connectivity index (χ2n) is 8.30. The van der Waals surface area contributed by atoms with E-state index in [0.29, 0.717) is 11.6 Å². The molecular weight excluding hydrogens is 364 g/mol. The first-order valence-corrected chi connectivity index (χ1v) is 10.1. The fourth-order valence-corrected chi connectivity index (χ4v) is 3.90. The maximum atomic E-state index is 12.4. The van der Waals surface area contributed by atoms with Crippen LogP contribution in [0.4, 0.5) is 10.5 Å². The molecule has 0 spiro atoms. The van der Waals surface area contributed by atoms with Crippen molar-refractivity contribution in [2.45, 2.75) is 45.3 Å². The van der Waals surface area contributed by atoms with Gasteiger partial charge in [-0.2, -0.15) is 0 Å². The van der Waals surface area contributed by atoms with Gasteiger partial charge in [-0.05, 0) is 51.0 Å². The molecule has 2 aliphatic rings. The second kappa shape index (κ2) is 8.67. The minimum absolute atomic E-state index is 0.122. The monoisotopic (exact) mass is 394 g/mol. The van der Waals surface area contributed by atoms with Gasteiger partial charge in [0, 0.05) is 55.0 Å². The van der Waals surface area contributed by atoms with Crippen LogP contribution in [-0.2, 0) is 11.3 Å². The van der Waals surface area contributed by atoms with E-state index in [0.717, 1.165) is 57.1 Å². The molecule has 1 aromatic carbocycles. The van der Waals surface area contributed by atoms with Gasteiger partial charge in [-0.15, -0.1) is 0 Å². The van der Waals surface area contributed by atoms with Crippen molar-refractivity contribution in [2.24, 2.45) is 0 Å². The summed E-state index contributed by atoms with van der Waals surface area (Å²) >= 11 is 6.19. The average molecular weight is 395 g/mol. The average Bonchev–Trinajstić information content (AvgIpc) is 3.10. The largest absolute Gasteiger partial charge is 0.378 e. The summed E-state index contributed by atoms with van der Waals surface area (Å²) in [5.74, 6) is 0. The van der Waals surface area contributed by atoms with Crippen molar-refractivity contribution in [1.82, 2.24) is 15.5 Å². The SMILES string of the molecule is CC(C)(C)N1CCC(NC(=O)NCc2cc(Cl)ccc2N2CCOCC2)C1. The van der Waals surface area contributed by atoms with Crippen LogP contribution in [0.5, 0.6) is 0 Å². The van der Waals surface area contributed by atoms with E-state index >= 15 is 0 Å².